The van der Waals surface area contributed by atoms with Gasteiger partial charge in [-0.05, 0) is 25.3 Å². The van der Waals surface area contributed by atoms with Gasteiger partial charge in [0.05, 0.1) is 6.10 Å². The predicted octanol–water partition coefficient (Wildman–Crippen LogP) is 2.28. The van der Waals surface area contributed by atoms with Gasteiger partial charge in [0.2, 0.25) is 0 Å². The molecule has 7 heteroatoms. The summed E-state index contributed by atoms with van der Waals surface area (Å²) in [6.45, 7) is 5.80. The number of nitrogens with zero attached hydrogens (tertiary/aromatic N) is 4. The van der Waals surface area contributed by atoms with Crippen molar-refractivity contribution in [2.45, 2.75) is 39.0 Å². The summed E-state index contributed by atoms with van der Waals surface area (Å²) in [6, 6.07) is 10.5. The van der Waals surface area contributed by atoms with Crippen molar-refractivity contribution in [2.24, 2.45) is 4.99 Å². The minimum absolute atomic E-state index is 0. The maximum Gasteiger partial charge on any atom is 0.194 e. The van der Waals surface area contributed by atoms with Crippen LogP contribution >= 0.6 is 24.0 Å². The SMILES string of the molecule is CCNC(=NCc1nccn1CCc1ccccc1)N1CC[C@@H](O)C1.I. The van der Waals surface area contributed by atoms with Crippen LogP contribution < -0.4 is 5.32 Å². The number of imidazole rings is 1. The first-order valence-corrected chi connectivity index (χ1v) is 9.01. The first-order chi connectivity index (χ1) is 12.3. The Morgan fingerprint density at radius 1 is 1.35 bits per heavy atom. The molecule has 3 rings (SSSR count). The molecule has 1 aromatic heterocycles. The fourth-order valence-corrected chi connectivity index (χ4v) is 3.10. The molecule has 142 valence electrons. The Morgan fingerprint density at radius 2 is 2.15 bits per heavy atom. The van der Waals surface area contributed by atoms with Gasteiger partial charge >= 0.3 is 0 Å². The van der Waals surface area contributed by atoms with Crippen molar-refractivity contribution in [3.8, 4) is 0 Å². The lowest BCUT2D eigenvalue weighted by atomic mass is 10.1. The fraction of sp³-hybridized carbons (Fsp3) is 0.474. The zero-order chi connectivity index (χ0) is 17.5. The van der Waals surface area contributed by atoms with Gasteiger partial charge in [0.25, 0.3) is 0 Å². The lowest BCUT2D eigenvalue weighted by Crippen LogP contribution is -2.40. The van der Waals surface area contributed by atoms with Crippen LogP contribution in [0.15, 0.2) is 47.7 Å². The third kappa shape index (κ3) is 5.70. The highest BCUT2D eigenvalue weighted by Crippen LogP contribution is 2.10. The number of likely N-dealkylation sites (tertiary alicyclic amines) is 1. The van der Waals surface area contributed by atoms with Crippen LogP contribution in [0.4, 0.5) is 0 Å². The molecule has 2 N–H and O–H groups in total. The van der Waals surface area contributed by atoms with E-state index in [0.29, 0.717) is 13.1 Å². The Bertz CT molecular complexity index is 688. The van der Waals surface area contributed by atoms with E-state index in [1.165, 1.54) is 5.56 Å². The van der Waals surface area contributed by atoms with Crippen molar-refractivity contribution in [1.82, 2.24) is 19.8 Å². The van der Waals surface area contributed by atoms with Gasteiger partial charge in [-0.1, -0.05) is 30.3 Å². The van der Waals surface area contributed by atoms with E-state index < -0.39 is 0 Å². The quantitative estimate of drug-likeness (QED) is 0.387. The number of aryl methyl sites for hydroxylation is 2. The van der Waals surface area contributed by atoms with Crippen molar-refractivity contribution >= 4 is 29.9 Å². The molecule has 6 nitrogen and oxygen atoms in total. The van der Waals surface area contributed by atoms with E-state index in [0.717, 1.165) is 44.3 Å². The number of aliphatic imine (C=N–C) groups is 1. The monoisotopic (exact) mass is 469 g/mol. The highest BCUT2D eigenvalue weighted by molar-refractivity contribution is 14.0. The number of guanidine groups is 1. The number of β-amino-alcohol motifs (C(OH)–C–C–N with tert-alkyl or cyclic N) is 1. The average Bonchev–Trinajstić information content (AvgIpc) is 3.26. The lowest BCUT2D eigenvalue weighted by molar-refractivity contribution is 0.188. The molecule has 2 aromatic rings. The zero-order valence-electron chi connectivity index (χ0n) is 15.2. The van der Waals surface area contributed by atoms with E-state index in [9.17, 15) is 5.11 Å². The highest BCUT2D eigenvalue weighted by Gasteiger charge is 2.22. The summed E-state index contributed by atoms with van der Waals surface area (Å²) in [5.41, 5.74) is 1.32. The minimum atomic E-state index is -0.253. The van der Waals surface area contributed by atoms with Gasteiger partial charge in [0.15, 0.2) is 5.96 Å². The van der Waals surface area contributed by atoms with Crippen LogP contribution in [-0.2, 0) is 19.5 Å². The summed E-state index contributed by atoms with van der Waals surface area (Å²) in [5, 5.41) is 13.1. The summed E-state index contributed by atoms with van der Waals surface area (Å²) in [4.78, 5) is 11.3. The molecule has 26 heavy (non-hydrogen) atoms. The van der Waals surface area contributed by atoms with Crippen molar-refractivity contribution in [1.29, 1.82) is 0 Å². The van der Waals surface area contributed by atoms with Gasteiger partial charge in [-0.15, -0.1) is 24.0 Å². The molecular weight excluding hydrogens is 441 g/mol. The van der Waals surface area contributed by atoms with Gasteiger partial charge in [-0.25, -0.2) is 9.98 Å². The number of benzene rings is 1. The summed E-state index contributed by atoms with van der Waals surface area (Å²) < 4.78 is 2.17. The van der Waals surface area contributed by atoms with Crippen LogP contribution in [0.25, 0.3) is 0 Å². The smallest absolute Gasteiger partial charge is 0.194 e. The molecule has 1 aromatic carbocycles. The van der Waals surface area contributed by atoms with E-state index >= 15 is 0 Å². The summed E-state index contributed by atoms with van der Waals surface area (Å²) in [5.74, 6) is 1.82. The number of hydrogen-bond donors (Lipinski definition) is 2. The fourth-order valence-electron chi connectivity index (χ4n) is 3.10. The minimum Gasteiger partial charge on any atom is -0.391 e. The maximum atomic E-state index is 9.75. The number of rotatable bonds is 6. The van der Waals surface area contributed by atoms with Crippen molar-refractivity contribution in [3.63, 3.8) is 0 Å². The van der Waals surface area contributed by atoms with E-state index in [1.807, 2.05) is 18.5 Å². The average molecular weight is 469 g/mol. The molecule has 2 heterocycles. The molecule has 0 saturated carbocycles. The number of halogens is 1. The Labute approximate surface area is 172 Å². The molecule has 0 bridgehead atoms. The predicted molar refractivity (Wildman–Crippen MR) is 115 cm³/mol. The number of aliphatic hydroxyl groups excluding tert-OH is 1. The van der Waals surface area contributed by atoms with Crippen LogP contribution in [-0.4, -0.2) is 51.3 Å². The van der Waals surface area contributed by atoms with Crippen molar-refractivity contribution in [2.75, 3.05) is 19.6 Å². The van der Waals surface area contributed by atoms with Gasteiger partial charge in [-0.3, -0.25) is 0 Å². The Hall–Kier alpha value is -1.61. The van der Waals surface area contributed by atoms with E-state index in [2.05, 4.69) is 51.0 Å². The summed E-state index contributed by atoms with van der Waals surface area (Å²) in [6.07, 6.45) is 5.38. The molecule has 1 aliphatic heterocycles. The largest absolute Gasteiger partial charge is 0.391 e. The Morgan fingerprint density at radius 3 is 2.85 bits per heavy atom. The lowest BCUT2D eigenvalue weighted by Gasteiger charge is -2.20. The zero-order valence-corrected chi connectivity index (χ0v) is 17.5. The second-order valence-corrected chi connectivity index (χ2v) is 6.33. The third-order valence-electron chi connectivity index (χ3n) is 4.45. The molecule has 0 radical (unpaired) electrons. The topological polar surface area (TPSA) is 65.7 Å². The maximum absolute atomic E-state index is 9.75. The van der Waals surface area contributed by atoms with Crippen LogP contribution in [0.1, 0.15) is 24.7 Å². The number of nitrogens with one attached hydrogen (secondary N) is 1. The van der Waals surface area contributed by atoms with Crippen LogP contribution in [0.2, 0.25) is 0 Å². The van der Waals surface area contributed by atoms with E-state index in [-0.39, 0.29) is 30.1 Å². The first-order valence-electron chi connectivity index (χ1n) is 9.01. The molecule has 0 aliphatic carbocycles. The van der Waals surface area contributed by atoms with Crippen molar-refractivity contribution < 1.29 is 5.11 Å². The molecule has 0 unspecified atom stereocenters. The third-order valence-corrected chi connectivity index (χ3v) is 4.45. The molecule has 1 fully saturated rings. The van der Waals surface area contributed by atoms with Gasteiger partial charge in [0.1, 0.15) is 12.4 Å². The molecule has 0 spiro atoms. The molecule has 1 atom stereocenters. The number of aromatic nitrogens is 2. The standard InChI is InChI=1S/C19H27N5O.HI/c1-2-20-19(24-12-9-17(25)15-24)22-14-18-21-10-13-23(18)11-8-16-6-4-3-5-7-16;/h3-7,10,13,17,25H,2,8-9,11-12,14-15H2,1H3,(H,20,22);1H/t17-;/m1./s1. The second-order valence-electron chi connectivity index (χ2n) is 6.33. The Kier molecular flexibility index (Phi) is 8.37. The molecule has 0 amide bonds. The summed E-state index contributed by atoms with van der Waals surface area (Å²) >= 11 is 0. The molecule has 1 aliphatic rings. The highest BCUT2D eigenvalue weighted by atomic mass is 127. The van der Waals surface area contributed by atoms with Crippen molar-refractivity contribution in [3.05, 3.63) is 54.1 Å². The molecule has 1 saturated heterocycles. The summed E-state index contributed by atoms with van der Waals surface area (Å²) in [7, 11) is 0. The molecular formula is C19H28IN5O. The van der Waals surface area contributed by atoms with E-state index in [4.69, 9.17) is 4.99 Å². The van der Waals surface area contributed by atoms with Crippen LogP contribution in [0, 0.1) is 0 Å². The van der Waals surface area contributed by atoms with Crippen LogP contribution in [0.3, 0.4) is 0 Å². The first kappa shape index (κ1) is 20.7. The van der Waals surface area contributed by atoms with Crippen LogP contribution in [0.5, 0.6) is 0 Å². The number of aliphatic hydroxyl groups is 1. The van der Waals surface area contributed by atoms with Gasteiger partial charge in [-0.2, -0.15) is 0 Å². The Balaban J connectivity index is 0.00000243. The number of hydrogen-bond acceptors (Lipinski definition) is 3. The van der Waals surface area contributed by atoms with E-state index in [1.54, 1.807) is 0 Å². The van der Waals surface area contributed by atoms with Gasteiger partial charge in [0, 0.05) is 38.6 Å². The normalized spacial score (nSPS) is 17.2. The van der Waals surface area contributed by atoms with Gasteiger partial charge < -0.3 is 19.9 Å². The second kappa shape index (κ2) is 10.5.